The summed E-state index contributed by atoms with van der Waals surface area (Å²) in [5.41, 5.74) is 9.38. The van der Waals surface area contributed by atoms with Gasteiger partial charge in [0, 0.05) is 47.9 Å². The minimum atomic E-state index is -1.50. The molecule has 0 unspecified atom stereocenters. The Kier molecular flexibility index (Phi) is 9.63. The molecule has 0 saturated carbocycles. The Balaban J connectivity index is 0.000000429. The Hall–Kier alpha value is -4.05. The summed E-state index contributed by atoms with van der Waals surface area (Å²) in [7, 11) is 0. The van der Waals surface area contributed by atoms with Crippen LogP contribution in [-0.4, -0.2) is 91.8 Å². The number of aliphatic hydroxyl groups excluding tert-OH is 2. The molecule has 0 bridgehead atoms. The zero-order valence-corrected chi connectivity index (χ0v) is 23.8. The topological polar surface area (TPSA) is 257 Å². The number of hydrogen-bond donors (Lipinski definition) is 7. The molecule has 3 aliphatic rings. The zero-order chi connectivity index (χ0) is 32.5. The molecule has 44 heavy (non-hydrogen) atoms. The van der Waals surface area contributed by atoms with Crippen LogP contribution in [0.25, 0.3) is 0 Å². The number of carboxylic acids is 1. The lowest BCUT2D eigenvalue weighted by molar-refractivity contribution is -0.238. The number of aliphatic hydroxyl groups is 2. The van der Waals surface area contributed by atoms with Gasteiger partial charge in [0.2, 0.25) is 0 Å². The molecule has 2 aliphatic carbocycles. The second-order valence-electron chi connectivity index (χ2n) is 11.0. The van der Waals surface area contributed by atoms with E-state index in [4.69, 9.17) is 26.0 Å². The van der Waals surface area contributed by atoms with E-state index in [2.05, 4.69) is 0 Å². The summed E-state index contributed by atoms with van der Waals surface area (Å²) in [6, 6.07) is 6.10. The Bertz CT molecular complexity index is 1520. The molecule has 236 valence electrons. The van der Waals surface area contributed by atoms with E-state index < -0.39 is 65.0 Å². The number of nitrogens with two attached hydrogens (primary N) is 2. The highest BCUT2D eigenvalue weighted by molar-refractivity contribution is 6.30. The molecule has 1 saturated heterocycles. The molecule has 1 fully saturated rings. The summed E-state index contributed by atoms with van der Waals surface area (Å²) < 4.78 is 11.4. The number of rotatable bonds is 7. The van der Waals surface area contributed by atoms with Crippen molar-refractivity contribution in [1.29, 1.82) is 0 Å². The smallest absolute Gasteiger partial charge is 0.303 e. The monoisotopic (exact) mass is 614 g/mol. The molecular weight excluding hydrogens is 580 g/mol. The molecule has 9 N–H and O–H groups in total. The van der Waals surface area contributed by atoms with E-state index in [0.717, 1.165) is 0 Å². The zero-order valence-electron chi connectivity index (χ0n) is 23.8. The number of carbonyl (C=O) groups is 5. The minimum Gasteiger partial charge on any atom is -0.507 e. The Morgan fingerprint density at radius 2 is 1.59 bits per heavy atom. The summed E-state index contributed by atoms with van der Waals surface area (Å²) in [6.45, 7) is 1.03. The summed E-state index contributed by atoms with van der Waals surface area (Å²) in [5.74, 6) is -3.91. The fourth-order valence-corrected chi connectivity index (χ4v) is 5.48. The number of carbonyl (C=O) groups excluding carboxylic acids is 4. The first-order valence-electron chi connectivity index (χ1n) is 13.9. The van der Waals surface area contributed by atoms with Crippen molar-refractivity contribution in [2.24, 2.45) is 11.5 Å². The number of fused-ring (bicyclic) bond motifs is 3. The highest BCUT2D eigenvalue weighted by atomic mass is 16.7. The molecule has 5 rings (SSSR count). The van der Waals surface area contributed by atoms with E-state index in [1.807, 2.05) is 0 Å². The number of aliphatic carboxylic acids is 1. The maximum absolute atomic E-state index is 13.3. The number of Topliss-reactive ketones (excluding diaryl/α,β-unsaturated/α-hetero) is 2. The Morgan fingerprint density at radius 1 is 1.00 bits per heavy atom. The van der Waals surface area contributed by atoms with Crippen molar-refractivity contribution >= 4 is 29.1 Å². The van der Waals surface area contributed by atoms with E-state index in [9.17, 15) is 44.4 Å². The van der Waals surface area contributed by atoms with Crippen LogP contribution in [0, 0.1) is 0 Å². The van der Waals surface area contributed by atoms with Crippen molar-refractivity contribution in [3.05, 3.63) is 57.6 Å². The first-order chi connectivity index (χ1) is 20.7. The summed E-state index contributed by atoms with van der Waals surface area (Å²) >= 11 is 0. The number of hydrogen-bond acceptors (Lipinski definition) is 13. The SMILES string of the molecule is CC(=O)[C@]1(N)Cc2c(O)c3c(c(O)c2[C@@H](O[C@H]2C[C@H](O)[C@H](O)CO2)C1)C(=O)c1ccccc1C3=O.NCC(=O)CCC(=O)O. The highest BCUT2D eigenvalue weighted by Crippen LogP contribution is 2.51. The van der Waals surface area contributed by atoms with E-state index in [1.165, 1.54) is 19.1 Å². The molecule has 0 amide bonds. The molecule has 5 atom stereocenters. The van der Waals surface area contributed by atoms with Crippen LogP contribution in [0.2, 0.25) is 0 Å². The fraction of sp³-hybridized carbons (Fsp3) is 0.433. The predicted octanol–water partition coefficient (Wildman–Crippen LogP) is 0.0108. The van der Waals surface area contributed by atoms with Gasteiger partial charge in [-0.3, -0.25) is 24.0 Å². The van der Waals surface area contributed by atoms with Crippen molar-refractivity contribution in [3.8, 4) is 11.5 Å². The number of phenols is 2. The van der Waals surface area contributed by atoms with Gasteiger partial charge in [-0.05, 0) is 6.92 Å². The van der Waals surface area contributed by atoms with Gasteiger partial charge >= 0.3 is 5.97 Å². The van der Waals surface area contributed by atoms with Crippen molar-refractivity contribution < 1.29 is 59.0 Å². The van der Waals surface area contributed by atoms with Crippen LogP contribution < -0.4 is 11.5 Å². The van der Waals surface area contributed by atoms with Crippen LogP contribution in [0.1, 0.15) is 81.7 Å². The summed E-state index contributed by atoms with van der Waals surface area (Å²) in [5, 5.41) is 50.3. The quantitative estimate of drug-likeness (QED) is 0.173. The molecule has 0 aromatic heterocycles. The standard InChI is InChI=1S/C25H25NO9.C5H9NO3/c1-10(27)25(26)7-13-18(16(8-25)35-17-6-14(28)15(29)9-34-17)24(33)20-19(23(13)32)21(30)11-4-2-3-5-12(11)22(20)31;6-3-4(7)1-2-5(8)9/h2-5,14-17,28-29,32-33H,6-9,26H2,1H3;1-3,6H2,(H,8,9)/t14-,15+,16-,17-,25-;/m0./s1. The summed E-state index contributed by atoms with van der Waals surface area (Å²) in [6.07, 6.45) is -4.80. The lowest BCUT2D eigenvalue weighted by atomic mass is 9.71. The van der Waals surface area contributed by atoms with Gasteiger partial charge in [0.05, 0.1) is 48.4 Å². The van der Waals surface area contributed by atoms with E-state index in [0.29, 0.717) is 0 Å². The van der Waals surface area contributed by atoms with Crippen LogP contribution in [0.5, 0.6) is 11.5 Å². The second kappa shape index (κ2) is 12.9. The van der Waals surface area contributed by atoms with E-state index in [1.54, 1.807) is 12.1 Å². The molecule has 2 aromatic rings. The second-order valence-corrected chi connectivity index (χ2v) is 11.0. The number of benzene rings is 2. The van der Waals surface area contributed by atoms with Gasteiger partial charge < -0.3 is 46.5 Å². The number of carboxylic acid groups (broad SMARTS) is 1. The number of ether oxygens (including phenoxy) is 2. The molecule has 1 heterocycles. The Labute approximate surface area is 251 Å². The summed E-state index contributed by atoms with van der Waals surface area (Å²) in [4.78, 5) is 59.2. The van der Waals surface area contributed by atoms with Gasteiger partial charge in [-0.15, -0.1) is 0 Å². The van der Waals surface area contributed by atoms with Crippen molar-refractivity contribution in [2.45, 2.75) is 69.2 Å². The lowest BCUT2D eigenvalue weighted by Gasteiger charge is -2.41. The third kappa shape index (κ3) is 6.26. The predicted molar refractivity (Wildman–Crippen MR) is 150 cm³/mol. The molecule has 2 aromatic carbocycles. The first-order valence-corrected chi connectivity index (χ1v) is 13.9. The molecule has 14 heteroatoms. The maximum Gasteiger partial charge on any atom is 0.303 e. The van der Waals surface area contributed by atoms with Gasteiger partial charge in [-0.25, -0.2) is 0 Å². The van der Waals surface area contributed by atoms with Crippen LogP contribution in [0.3, 0.4) is 0 Å². The van der Waals surface area contributed by atoms with Crippen molar-refractivity contribution in [3.63, 3.8) is 0 Å². The Morgan fingerprint density at radius 3 is 2.11 bits per heavy atom. The van der Waals surface area contributed by atoms with Crippen molar-refractivity contribution in [2.75, 3.05) is 13.2 Å². The van der Waals surface area contributed by atoms with Crippen LogP contribution in [0.4, 0.5) is 0 Å². The molecule has 1 aliphatic heterocycles. The third-order valence-corrected chi connectivity index (χ3v) is 8.02. The lowest BCUT2D eigenvalue weighted by Crippen LogP contribution is -2.53. The number of phenolic OH excluding ortho intramolecular Hbond substituents is 2. The average molecular weight is 615 g/mol. The van der Waals surface area contributed by atoms with Crippen LogP contribution in [0.15, 0.2) is 24.3 Å². The van der Waals surface area contributed by atoms with Gasteiger partial charge in [-0.1, -0.05) is 24.3 Å². The molecule has 14 nitrogen and oxygen atoms in total. The van der Waals surface area contributed by atoms with Crippen molar-refractivity contribution in [1.82, 2.24) is 0 Å². The minimum absolute atomic E-state index is 0.0344. The molecule has 0 radical (unpaired) electrons. The van der Waals surface area contributed by atoms with E-state index in [-0.39, 0.29) is 84.4 Å². The number of aromatic hydroxyl groups is 2. The van der Waals surface area contributed by atoms with Crippen LogP contribution >= 0.6 is 0 Å². The molecular formula is C30H34N2O12. The maximum atomic E-state index is 13.3. The van der Waals surface area contributed by atoms with Gasteiger partial charge in [0.15, 0.2) is 17.9 Å². The first kappa shape index (κ1) is 32.9. The largest absolute Gasteiger partial charge is 0.507 e. The molecule has 0 spiro atoms. The number of ketones is 4. The highest BCUT2D eigenvalue weighted by Gasteiger charge is 2.48. The van der Waals surface area contributed by atoms with Crippen LogP contribution in [-0.2, 0) is 30.3 Å². The van der Waals surface area contributed by atoms with Gasteiger partial charge in [0.25, 0.3) is 0 Å². The normalized spacial score (nSPS) is 25.6. The van der Waals surface area contributed by atoms with Gasteiger partial charge in [-0.2, -0.15) is 0 Å². The van der Waals surface area contributed by atoms with E-state index >= 15 is 0 Å². The fourth-order valence-electron chi connectivity index (χ4n) is 5.48. The van der Waals surface area contributed by atoms with Gasteiger partial charge in [0.1, 0.15) is 29.2 Å². The third-order valence-electron chi connectivity index (χ3n) is 8.02. The average Bonchev–Trinajstić information content (AvgIpc) is 2.98.